The molecule has 1 atom stereocenters. The summed E-state index contributed by atoms with van der Waals surface area (Å²) in [6.45, 7) is 4.44. The summed E-state index contributed by atoms with van der Waals surface area (Å²) in [5.74, 6) is -0.289. The van der Waals surface area contributed by atoms with Crippen LogP contribution < -0.4 is 5.32 Å². The molecule has 0 aliphatic carbocycles. The molecule has 0 amide bonds. The summed E-state index contributed by atoms with van der Waals surface area (Å²) in [7, 11) is 1.38. The highest BCUT2D eigenvalue weighted by Gasteiger charge is 2.04. The summed E-state index contributed by atoms with van der Waals surface area (Å²) >= 11 is 0. The van der Waals surface area contributed by atoms with Gasteiger partial charge in [-0.25, -0.2) is 4.79 Å². The molecule has 0 aliphatic heterocycles. The molecule has 4 heteroatoms. The lowest BCUT2D eigenvalue weighted by Gasteiger charge is -2.12. The van der Waals surface area contributed by atoms with E-state index in [2.05, 4.69) is 22.0 Å². The summed E-state index contributed by atoms with van der Waals surface area (Å²) in [6.07, 6.45) is 5.36. The van der Waals surface area contributed by atoms with Gasteiger partial charge in [-0.15, -0.1) is 0 Å². The average Bonchev–Trinajstić information content (AvgIpc) is 2.38. The van der Waals surface area contributed by atoms with E-state index in [-0.39, 0.29) is 12.0 Å². The zero-order valence-corrected chi connectivity index (χ0v) is 10.4. The van der Waals surface area contributed by atoms with Crippen molar-refractivity contribution in [2.75, 3.05) is 13.7 Å². The molecule has 0 saturated heterocycles. The van der Waals surface area contributed by atoms with Crippen molar-refractivity contribution >= 4 is 5.97 Å². The number of nitrogens with zero attached hydrogens (tertiary/aromatic N) is 1. The number of ether oxygens (including phenoxy) is 1. The van der Waals surface area contributed by atoms with E-state index in [9.17, 15) is 4.79 Å². The molecule has 0 radical (unpaired) electrons. The first kappa shape index (κ1) is 13.4. The summed E-state index contributed by atoms with van der Waals surface area (Å²) in [4.78, 5) is 15.1. The Kier molecular flexibility index (Phi) is 5.36. The normalized spacial score (nSPS) is 13.2. The Morgan fingerprint density at radius 3 is 2.76 bits per heavy atom. The number of pyridine rings is 1. The Balaban J connectivity index is 2.44. The zero-order valence-electron chi connectivity index (χ0n) is 10.4. The van der Waals surface area contributed by atoms with Gasteiger partial charge < -0.3 is 10.1 Å². The summed E-state index contributed by atoms with van der Waals surface area (Å²) < 4.78 is 4.61. The molecular formula is C13H18N2O2. The second-order valence-corrected chi connectivity index (χ2v) is 3.79. The fourth-order valence-corrected chi connectivity index (χ4v) is 1.40. The number of rotatable bonds is 5. The third-order valence-corrected chi connectivity index (χ3v) is 2.55. The van der Waals surface area contributed by atoms with E-state index in [4.69, 9.17) is 0 Å². The van der Waals surface area contributed by atoms with E-state index in [1.165, 1.54) is 12.7 Å². The molecule has 17 heavy (non-hydrogen) atoms. The van der Waals surface area contributed by atoms with Crippen LogP contribution in [0.15, 0.2) is 36.2 Å². The van der Waals surface area contributed by atoms with Gasteiger partial charge in [-0.2, -0.15) is 0 Å². The molecule has 1 aromatic rings. The van der Waals surface area contributed by atoms with Crippen LogP contribution in [0.2, 0.25) is 0 Å². The number of hydrogen-bond donors (Lipinski definition) is 1. The van der Waals surface area contributed by atoms with Gasteiger partial charge in [0.2, 0.25) is 0 Å². The van der Waals surface area contributed by atoms with E-state index < -0.39 is 0 Å². The molecule has 1 heterocycles. The Bertz CT molecular complexity index is 388. The van der Waals surface area contributed by atoms with Crippen LogP contribution in [0, 0.1) is 0 Å². The van der Waals surface area contributed by atoms with Crippen molar-refractivity contribution < 1.29 is 9.53 Å². The number of hydrogen-bond acceptors (Lipinski definition) is 4. The van der Waals surface area contributed by atoms with Gasteiger partial charge in [-0.05, 0) is 31.5 Å². The highest BCUT2D eigenvalue weighted by molar-refractivity contribution is 5.87. The summed E-state index contributed by atoms with van der Waals surface area (Å²) in [5.41, 5.74) is 1.78. The van der Waals surface area contributed by atoms with Gasteiger partial charge in [0.05, 0.1) is 7.11 Å². The van der Waals surface area contributed by atoms with Crippen LogP contribution in [0.3, 0.4) is 0 Å². The Hall–Kier alpha value is -1.68. The highest BCUT2D eigenvalue weighted by atomic mass is 16.5. The predicted molar refractivity (Wildman–Crippen MR) is 66.4 cm³/mol. The fourth-order valence-electron chi connectivity index (χ4n) is 1.40. The minimum atomic E-state index is -0.289. The van der Waals surface area contributed by atoms with Crippen LogP contribution in [0.1, 0.15) is 25.5 Å². The second-order valence-electron chi connectivity index (χ2n) is 3.79. The van der Waals surface area contributed by atoms with Crippen LogP contribution in [-0.2, 0) is 9.53 Å². The highest BCUT2D eigenvalue weighted by Crippen LogP contribution is 2.09. The van der Waals surface area contributed by atoms with Gasteiger partial charge in [0, 0.05) is 30.6 Å². The van der Waals surface area contributed by atoms with E-state index in [1.807, 2.05) is 18.2 Å². The van der Waals surface area contributed by atoms with Gasteiger partial charge in [0.1, 0.15) is 0 Å². The maximum absolute atomic E-state index is 11.1. The monoisotopic (exact) mass is 234 g/mol. The van der Waals surface area contributed by atoms with E-state index in [1.54, 1.807) is 19.3 Å². The van der Waals surface area contributed by atoms with Gasteiger partial charge in [0.25, 0.3) is 0 Å². The van der Waals surface area contributed by atoms with Crippen molar-refractivity contribution in [3.8, 4) is 0 Å². The van der Waals surface area contributed by atoms with Crippen LogP contribution in [0.4, 0.5) is 0 Å². The molecular weight excluding hydrogens is 216 g/mol. The summed E-state index contributed by atoms with van der Waals surface area (Å²) in [6, 6.07) is 4.16. The van der Waals surface area contributed by atoms with Crippen molar-refractivity contribution in [1.82, 2.24) is 10.3 Å². The molecule has 92 valence electrons. The molecule has 0 unspecified atom stereocenters. The third kappa shape index (κ3) is 4.36. The number of methoxy groups -OCH3 is 1. The number of esters is 1. The van der Waals surface area contributed by atoms with Crippen LogP contribution in [-0.4, -0.2) is 24.6 Å². The number of nitrogens with one attached hydrogen (secondary N) is 1. The number of aromatic nitrogens is 1. The van der Waals surface area contributed by atoms with Gasteiger partial charge >= 0.3 is 5.97 Å². The van der Waals surface area contributed by atoms with Gasteiger partial charge in [-0.1, -0.05) is 6.08 Å². The van der Waals surface area contributed by atoms with Crippen LogP contribution in [0.25, 0.3) is 0 Å². The number of carbonyl (C=O) groups excluding carboxylic acids is 1. The molecule has 0 saturated carbocycles. The van der Waals surface area contributed by atoms with Gasteiger partial charge in [0.15, 0.2) is 0 Å². The minimum absolute atomic E-state index is 0.222. The minimum Gasteiger partial charge on any atom is -0.466 e. The fraction of sp³-hybridized carbons (Fsp3) is 0.385. The maximum atomic E-state index is 11.1. The SMILES string of the molecule is COC(=O)/C(C)=C/CN[C@@H](C)c1ccncc1. The van der Waals surface area contributed by atoms with Crippen molar-refractivity contribution in [2.24, 2.45) is 0 Å². The molecule has 0 aliphatic rings. The van der Waals surface area contributed by atoms with Crippen LogP contribution >= 0.6 is 0 Å². The first-order valence-electron chi connectivity index (χ1n) is 5.53. The van der Waals surface area contributed by atoms with Crippen molar-refractivity contribution in [3.05, 3.63) is 41.7 Å². The van der Waals surface area contributed by atoms with Crippen molar-refractivity contribution in [3.63, 3.8) is 0 Å². The molecule has 0 aromatic carbocycles. The Morgan fingerprint density at radius 1 is 1.53 bits per heavy atom. The summed E-state index contributed by atoms with van der Waals surface area (Å²) in [5, 5.41) is 3.30. The molecule has 0 spiro atoms. The Labute approximate surface area is 102 Å². The topological polar surface area (TPSA) is 51.2 Å². The van der Waals surface area contributed by atoms with Gasteiger partial charge in [-0.3, -0.25) is 4.98 Å². The molecule has 4 nitrogen and oxygen atoms in total. The molecule has 1 N–H and O–H groups in total. The quantitative estimate of drug-likeness (QED) is 0.624. The third-order valence-electron chi connectivity index (χ3n) is 2.55. The largest absolute Gasteiger partial charge is 0.466 e. The van der Waals surface area contributed by atoms with Crippen molar-refractivity contribution in [2.45, 2.75) is 19.9 Å². The molecule has 1 rings (SSSR count). The standard InChI is InChI=1S/C13H18N2O2/c1-10(13(16)17-3)4-9-15-11(2)12-5-7-14-8-6-12/h4-8,11,15H,9H2,1-3H3/b10-4+/t11-/m0/s1. The maximum Gasteiger partial charge on any atom is 0.333 e. The van der Waals surface area contributed by atoms with E-state index in [0.29, 0.717) is 12.1 Å². The van der Waals surface area contributed by atoms with Crippen molar-refractivity contribution in [1.29, 1.82) is 0 Å². The predicted octanol–water partition coefficient (Wildman–Crippen LogP) is 1.85. The van der Waals surface area contributed by atoms with E-state index in [0.717, 1.165) is 0 Å². The lowest BCUT2D eigenvalue weighted by Crippen LogP contribution is -2.19. The lowest BCUT2D eigenvalue weighted by molar-refractivity contribution is -0.136. The smallest absolute Gasteiger partial charge is 0.333 e. The zero-order chi connectivity index (χ0) is 12.7. The second kappa shape index (κ2) is 6.81. The first-order chi connectivity index (χ1) is 8.15. The van der Waals surface area contributed by atoms with E-state index >= 15 is 0 Å². The lowest BCUT2D eigenvalue weighted by atomic mass is 10.1. The first-order valence-corrected chi connectivity index (χ1v) is 5.53. The molecule has 0 fully saturated rings. The average molecular weight is 234 g/mol. The molecule has 0 bridgehead atoms. The Morgan fingerprint density at radius 2 is 2.18 bits per heavy atom. The van der Waals surface area contributed by atoms with Crippen LogP contribution in [0.5, 0.6) is 0 Å². The number of carbonyl (C=O) groups is 1. The molecule has 1 aromatic heterocycles.